The van der Waals surface area contributed by atoms with Gasteiger partial charge in [0.15, 0.2) is 0 Å². The summed E-state index contributed by atoms with van der Waals surface area (Å²) in [6.45, 7) is 5.37. The summed E-state index contributed by atoms with van der Waals surface area (Å²) in [6, 6.07) is 10.4. The summed E-state index contributed by atoms with van der Waals surface area (Å²) in [5.74, 6) is 0.688. The van der Waals surface area contributed by atoms with Crippen LogP contribution in [0.5, 0.6) is 0 Å². The smallest absolute Gasteiger partial charge is 0.217 e. The highest BCUT2D eigenvalue weighted by Gasteiger charge is 2.25. The minimum Gasteiger partial charge on any atom is -0.726 e. The van der Waals surface area contributed by atoms with Gasteiger partial charge in [0.1, 0.15) is 0 Å². The maximum atomic E-state index is 10.5. The first-order valence-electron chi connectivity index (χ1n) is 7.92. The average Bonchev–Trinajstić information content (AvgIpc) is 2.45. The van der Waals surface area contributed by atoms with E-state index in [1.807, 2.05) is 6.07 Å². The van der Waals surface area contributed by atoms with Crippen LogP contribution in [0.15, 0.2) is 30.3 Å². The molecule has 1 aromatic rings. The van der Waals surface area contributed by atoms with Crippen molar-refractivity contribution in [3.8, 4) is 0 Å². The molecule has 1 aromatic carbocycles. The fourth-order valence-corrected chi connectivity index (χ4v) is 2.43. The second kappa shape index (κ2) is 10.1. The molecule has 0 aliphatic rings. The molecule has 0 saturated heterocycles. The first-order valence-corrected chi connectivity index (χ1v) is 9.25. The van der Waals surface area contributed by atoms with Gasteiger partial charge in [-0.25, -0.2) is 8.42 Å². The largest absolute Gasteiger partial charge is 0.726 e. The van der Waals surface area contributed by atoms with Gasteiger partial charge >= 0.3 is 0 Å². The molecule has 1 rings (SSSR count). The Morgan fingerprint density at radius 2 is 1.62 bits per heavy atom. The molecule has 0 heterocycles. The molecule has 0 radical (unpaired) electrons. The van der Waals surface area contributed by atoms with Gasteiger partial charge in [0.2, 0.25) is 10.4 Å². The lowest BCUT2D eigenvalue weighted by Gasteiger charge is -2.30. The molecular formula is C17H31NO5S. The van der Waals surface area contributed by atoms with E-state index >= 15 is 0 Å². The van der Waals surface area contributed by atoms with Crippen LogP contribution in [-0.2, 0) is 14.6 Å². The van der Waals surface area contributed by atoms with Crippen molar-refractivity contribution in [1.82, 2.24) is 0 Å². The average molecular weight is 362 g/mol. The fourth-order valence-electron chi connectivity index (χ4n) is 2.43. The Labute approximate surface area is 146 Å². The van der Waals surface area contributed by atoms with Crippen molar-refractivity contribution < 1.29 is 26.7 Å². The van der Waals surface area contributed by atoms with Gasteiger partial charge in [0, 0.05) is 12.3 Å². The third-order valence-electron chi connectivity index (χ3n) is 3.62. The topological polar surface area (TPSA) is 86.7 Å². The SMILES string of the molecule is CC(C)C(c1ccccc1)C(O)CC[N+](C)(C)C.COS(=O)(=O)[O-]. The number of quaternary nitrogens is 1. The predicted molar refractivity (Wildman–Crippen MR) is 94.3 cm³/mol. The highest BCUT2D eigenvalue weighted by Crippen LogP contribution is 2.29. The first kappa shape index (κ1) is 23.0. The summed E-state index contributed by atoms with van der Waals surface area (Å²) in [6.07, 6.45) is 0.589. The number of nitrogens with zero attached hydrogens (tertiary/aromatic N) is 1. The van der Waals surface area contributed by atoms with E-state index in [4.69, 9.17) is 0 Å². The van der Waals surface area contributed by atoms with Crippen molar-refractivity contribution in [2.45, 2.75) is 32.3 Å². The Morgan fingerprint density at radius 3 is 1.96 bits per heavy atom. The number of rotatable bonds is 7. The predicted octanol–water partition coefficient (Wildman–Crippen LogP) is 1.98. The highest BCUT2D eigenvalue weighted by atomic mass is 32.3. The van der Waals surface area contributed by atoms with Crippen LogP contribution >= 0.6 is 0 Å². The first-order chi connectivity index (χ1) is 10.9. The summed E-state index contributed by atoms with van der Waals surface area (Å²) in [5.41, 5.74) is 1.25. The molecule has 2 unspecified atom stereocenters. The molecule has 0 amide bonds. The summed E-state index contributed by atoms with van der Waals surface area (Å²) >= 11 is 0. The standard InChI is InChI=1S/C16H28NO.CH4O4S/c1-13(2)16(14-9-7-6-8-10-14)15(18)11-12-17(3,4)5;1-5-6(2,3)4/h6-10,13,15-16,18H,11-12H2,1-5H3;1H3,(H,2,3,4)/q+1;/p-1. The minimum absolute atomic E-state index is 0.234. The molecule has 0 aliphatic carbocycles. The van der Waals surface area contributed by atoms with Crippen LogP contribution in [0.4, 0.5) is 0 Å². The molecule has 0 fully saturated rings. The molecule has 24 heavy (non-hydrogen) atoms. The number of hydrogen-bond donors (Lipinski definition) is 1. The van der Waals surface area contributed by atoms with Crippen molar-refractivity contribution in [2.75, 3.05) is 34.8 Å². The molecule has 0 aliphatic heterocycles. The van der Waals surface area contributed by atoms with Gasteiger partial charge in [-0.05, 0) is 11.5 Å². The Kier molecular flexibility index (Phi) is 9.69. The summed E-state index contributed by atoms with van der Waals surface area (Å²) in [7, 11) is 2.89. The Morgan fingerprint density at radius 1 is 1.17 bits per heavy atom. The molecule has 0 bridgehead atoms. The van der Waals surface area contributed by atoms with E-state index in [9.17, 15) is 18.1 Å². The second-order valence-corrected chi connectivity index (χ2v) is 8.28. The van der Waals surface area contributed by atoms with Crippen LogP contribution in [0.2, 0.25) is 0 Å². The monoisotopic (exact) mass is 361 g/mol. The second-order valence-electron chi connectivity index (χ2n) is 7.13. The molecule has 2 atom stereocenters. The molecular weight excluding hydrogens is 330 g/mol. The van der Waals surface area contributed by atoms with Crippen molar-refractivity contribution in [3.63, 3.8) is 0 Å². The Hall–Kier alpha value is -0.990. The maximum Gasteiger partial charge on any atom is 0.217 e. The van der Waals surface area contributed by atoms with Crippen LogP contribution in [0, 0.1) is 5.92 Å². The maximum absolute atomic E-state index is 10.5. The fraction of sp³-hybridized carbons (Fsp3) is 0.647. The van der Waals surface area contributed by atoms with Gasteiger partial charge in [-0.3, -0.25) is 4.18 Å². The Bertz CT molecular complexity index is 552. The number of aliphatic hydroxyl groups excluding tert-OH is 1. The molecule has 1 N–H and O–H groups in total. The van der Waals surface area contributed by atoms with Crippen molar-refractivity contribution >= 4 is 10.4 Å². The van der Waals surface area contributed by atoms with E-state index in [0.29, 0.717) is 5.92 Å². The molecule has 0 spiro atoms. The van der Waals surface area contributed by atoms with E-state index in [0.717, 1.165) is 24.6 Å². The molecule has 7 heteroatoms. The van der Waals surface area contributed by atoms with E-state index in [-0.39, 0.29) is 12.0 Å². The normalized spacial score (nSPS) is 14.7. The van der Waals surface area contributed by atoms with E-state index < -0.39 is 10.4 Å². The van der Waals surface area contributed by atoms with Gasteiger partial charge in [-0.1, -0.05) is 44.2 Å². The molecule has 6 nitrogen and oxygen atoms in total. The van der Waals surface area contributed by atoms with Crippen molar-refractivity contribution in [3.05, 3.63) is 35.9 Å². The zero-order valence-electron chi connectivity index (χ0n) is 15.5. The van der Waals surface area contributed by atoms with Crippen molar-refractivity contribution in [1.29, 1.82) is 0 Å². The third-order valence-corrected chi connectivity index (χ3v) is 4.03. The number of benzene rings is 1. The zero-order chi connectivity index (χ0) is 19.0. The van der Waals surface area contributed by atoms with Gasteiger partial charge < -0.3 is 14.1 Å². The lowest BCUT2D eigenvalue weighted by molar-refractivity contribution is -0.870. The zero-order valence-corrected chi connectivity index (χ0v) is 16.3. The van der Waals surface area contributed by atoms with E-state index in [2.05, 4.69) is 63.4 Å². The van der Waals surface area contributed by atoms with Gasteiger partial charge in [0.25, 0.3) is 0 Å². The lowest BCUT2D eigenvalue weighted by atomic mass is 9.82. The summed E-state index contributed by atoms with van der Waals surface area (Å²) in [5, 5.41) is 10.5. The number of aliphatic hydroxyl groups is 1. The third kappa shape index (κ3) is 10.7. The summed E-state index contributed by atoms with van der Waals surface area (Å²) in [4.78, 5) is 0. The summed E-state index contributed by atoms with van der Waals surface area (Å²) < 4.78 is 31.9. The van der Waals surface area contributed by atoms with Crippen LogP contribution in [0.1, 0.15) is 31.7 Å². The van der Waals surface area contributed by atoms with Gasteiger partial charge in [-0.15, -0.1) is 0 Å². The molecule has 0 aromatic heterocycles. The van der Waals surface area contributed by atoms with Crippen molar-refractivity contribution in [2.24, 2.45) is 5.92 Å². The van der Waals surface area contributed by atoms with Crippen LogP contribution in [0.3, 0.4) is 0 Å². The highest BCUT2D eigenvalue weighted by molar-refractivity contribution is 7.80. The number of hydrogen-bond acceptors (Lipinski definition) is 5. The van der Waals surface area contributed by atoms with E-state index in [1.165, 1.54) is 5.56 Å². The Balaban J connectivity index is 0.000000754. The van der Waals surface area contributed by atoms with Crippen LogP contribution < -0.4 is 0 Å². The van der Waals surface area contributed by atoms with Gasteiger partial charge in [-0.2, -0.15) is 0 Å². The molecule has 140 valence electrons. The van der Waals surface area contributed by atoms with E-state index in [1.54, 1.807) is 0 Å². The van der Waals surface area contributed by atoms with Crippen LogP contribution in [-0.4, -0.2) is 63.5 Å². The van der Waals surface area contributed by atoms with Gasteiger partial charge in [0.05, 0.1) is 40.9 Å². The lowest BCUT2D eigenvalue weighted by Crippen LogP contribution is -2.38. The quantitative estimate of drug-likeness (QED) is 0.456. The van der Waals surface area contributed by atoms with Crippen LogP contribution in [0.25, 0.3) is 0 Å². The molecule has 0 saturated carbocycles. The minimum atomic E-state index is -4.41.